The quantitative estimate of drug-likeness (QED) is 0.907. The maximum absolute atomic E-state index is 12.6. The van der Waals surface area contributed by atoms with E-state index in [1.54, 1.807) is 6.20 Å². The molecule has 3 aliphatic rings. The van der Waals surface area contributed by atoms with Gasteiger partial charge in [-0.1, -0.05) is 0 Å². The molecule has 24 heavy (non-hydrogen) atoms. The molecule has 3 fully saturated rings. The fourth-order valence-corrected chi connectivity index (χ4v) is 3.58. The number of amides is 2. The van der Waals surface area contributed by atoms with E-state index in [2.05, 4.69) is 10.3 Å². The molecule has 6 heteroatoms. The third-order valence-corrected chi connectivity index (χ3v) is 5.21. The minimum Gasteiger partial charge on any atom is -0.363 e. The highest BCUT2D eigenvalue weighted by Gasteiger charge is 2.43. The largest absolute Gasteiger partial charge is 0.363 e. The molecule has 0 bridgehead atoms. The van der Waals surface area contributed by atoms with Gasteiger partial charge in [0.1, 0.15) is 6.10 Å². The number of nitrogens with zero attached hydrogens (tertiary/aromatic N) is 2. The van der Waals surface area contributed by atoms with Gasteiger partial charge >= 0.3 is 0 Å². The Bertz CT molecular complexity index is 641. The second-order valence-corrected chi connectivity index (χ2v) is 7.17. The number of likely N-dealkylation sites (tertiary alicyclic amines) is 1. The summed E-state index contributed by atoms with van der Waals surface area (Å²) in [6.07, 6.45) is 5.08. The third-order valence-electron chi connectivity index (χ3n) is 5.21. The molecular weight excluding hydrogens is 306 g/mol. The molecular formula is C18H23N3O3. The van der Waals surface area contributed by atoms with Crippen molar-refractivity contribution in [2.45, 2.75) is 50.9 Å². The molecule has 2 amide bonds. The van der Waals surface area contributed by atoms with Crippen molar-refractivity contribution in [3.63, 3.8) is 0 Å². The first-order chi connectivity index (χ1) is 11.6. The molecule has 0 radical (unpaired) electrons. The van der Waals surface area contributed by atoms with Crippen LogP contribution < -0.4 is 5.32 Å². The SMILES string of the molecule is Cc1ccc(C(=O)N2CC[C@H]3C[C@@H](C(=O)NC4CC4)O[C@@H]3C2)cn1. The molecule has 2 saturated heterocycles. The molecule has 0 aromatic carbocycles. The third kappa shape index (κ3) is 3.15. The number of carbonyl (C=O) groups excluding carboxylic acids is 2. The Morgan fingerprint density at radius 1 is 1.29 bits per heavy atom. The first-order valence-corrected chi connectivity index (χ1v) is 8.78. The molecule has 128 valence electrons. The van der Waals surface area contributed by atoms with E-state index in [0.717, 1.165) is 31.4 Å². The van der Waals surface area contributed by atoms with Crippen molar-refractivity contribution in [2.24, 2.45) is 5.92 Å². The highest BCUT2D eigenvalue weighted by atomic mass is 16.5. The van der Waals surface area contributed by atoms with Crippen LogP contribution in [0.15, 0.2) is 18.3 Å². The number of rotatable bonds is 3. The van der Waals surface area contributed by atoms with Crippen LogP contribution in [0.1, 0.15) is 41.7 Å². The second-order valence-electron chi connectivity index (χ2n) is 7.17. The second kappa shape index (κ2) is 6.16. The van der Waals surface area contributed by atoms with Gasteiger partial charge in [0.2, 0.25) is 5.91 Å². The average Bonchev–Trinajstić information content (AvgIpc) is 3.29. The van der Waals surface area contributed by atoms with E-state index < -0.39 is 0 Å². The van der Waals surface area contributed by atoms with Gasteiger partial charge in [0.15, 0.2) is 0 Å². The van der Waals surface area contributed by atoms with Crippen molar-refractivity contribution < 1.29 is 14.3 Å². The van der Waals surface area contributed by atoms with Crippen LogP contribution in [0.4, 0.5) is 0 Å². The summed E-state index contributed by atoms with van der Waals surface area (Å²) < 4.78 is 5.97. The lowest BCUT2D eigenvalue weighted by atomic mass is 9.91. The lowest BCUT2D eigenvalue weighted by Gasteiger charge is -2.34. The van der Waals surface area contributed by atoms with Gasteiger partial charge in [-0.25, -0.2) is 0 Å². The number of piperidine rings is 1. The van der Waals surface area contributed by atoms with Crippen LogP contribution in [0.2, 0.25) is 0 Å². The maximum atomic E-state index is 12.6. The number of fused-ring (bicyclic) bond motifs is 1. The van der Waals surface area contributed by atoms with Crippen LogP contribution in [-0.2, 0) is 9.53 Å². The van der Waals surface area contributed by atoms with E-state index in [0.29, 0.717) is 30.6 Å². The predicted molar refractivity (Wildman–Crippen MR) is 87.4 cm³/mol. The molecule has 1 aromatic rings. The summed E-state index contributed by atoms with van der Waals surface area (Å²) in [5, 5.41) is 3.02. The monoisotopic (exact) mass is 329 g/mol. The molecule has 1 aromatic heterocycles. The standard InChI is InChI=1S/C18H23N3O3/c1-11-2-3-13(9-19-11)18(23)21-7-6-12-8-15(24-16(12)10-21)17(22)20-14-4-5-14/h2-3,9,12,14-16H,4-8,10H2,1H3,(H,20,22)/t12-,15-,16+/m0/s1. The molecule has 0 unspecified atom stereocenters. The van der Waals surface area contributed by atoms with E-state index in [1.165, 1.54) is 0 Å². The van der Waals surface area contributed by atoms with Crippen LogP contribution in [0, 0.1) is 12.8 Å². The Morgan fingerprint density at radius 2 is 2.12 bits per heavy atom. The smallest absolute Gasteiger partial charge is 0.255 e. The van der Waals surface area contributed by atoms with Gasteiger partial charge in [0.05, 0.1) is 11.7 Å². The fraction of sp³-hybridized carbons (Fsp3) is 0.611. The lowest BCUT2D eigenvalue weighted by Crippen LogP contribution is -2.45. The minimum absolute atomic E-state index is 0.00423. The van der Waals surface area contributed by atoms with Crippen LogP contribution in [0.3, 0.4) is 0 Å². The lowest BCUT2D eigenvalue weighted by molar-refractivity contribution is -0.132. The number of hydrogen-bond acceptors (Lipinski definition) is 4. The van der Waals surface area contributed by atoms with E-state index in [-0.39, 0.29) is 24.0 Å². The van der Waals surface area contributed by atoms with Gasteiger partial charge in [0, 0.05) is 31.0 Å². The number of pyridine rings is 1. The van der Waals surface area contributed by atoms with Crippen LogP contribution in [0.5, 0.6) is 0 Å². The molecule has 1 N–H and O–H groups in total. The topological polar surface area (TPSA) is 71.5 Å². The van der Waals surface area contributed by atoms with Gasteiger partial charge < -0.3 is 15.0 Å². The molecule has 0 spiro atoms. The number of aromatic nitrogens is 1. The number of ether oxygens (including phenoxy) is 1. The van der Waals surface area contributed by atoms with E-state index in [9.17, 15) is 9.59 Å². The molecule has 3 atom stereocenters. The molecule has 2 aliphatic heterocycles. The zero-order valence-corrected chi connectivity index (χ0v) is 13.9. The number of hydrogen-bond donors (Lipinski definition) is 1. The van der Waals surface area contributed by atoms with Crippen LogP contribution in [-0.4, -0.2) is 53.0 Å². The number of nitrogens with one attached hydrogen (secondary N) is 1. The van der Waals surface area contributed by atoms with Gasteiger partial charge in [-0.3, -0.25) is 14.6 Å². The van der Waals surface area contributed by atoms with E-state index in [4.69, 9.17) is 4.74 Å². The van der Waals surface area contributed by atoms with Gasteiger partial charge in [0.25, 0.3) is 5.91 Å². The van der Waals surface area contributed by atoms with E-state index >= 15 is 0 Å². The summed E-state index contributed by atoms with van der Waals surface area (Å²) in [5.41, 5.74) is 1.51. The first-order valence-electron chi connectivity index (χ1n) is 8.78. The summed E-state index contributed by atoms with van der Waals surface area (Å²) >= 11 is 0. The molecule has 1 aliphatic carbocycles. The van der Waals surface area contributed by atoms with Crippen LogP contribution >= 0.6 is 0 Å². The predicted octanol–water partition coefficient (Wildman–Crippen LogP) is 1.29. The van der Waals surface area contributed by atoms with Crippen molar-refractivity contribution >= 4 is 11.8 Å². The van der Waals surface area contributed by atoms with Crippen molar-refractivity contribution in [1.82, 2.24) is 15.2 Å². The maximum Gasteiger partial charge on any atom is 0.255 e. The summed E-state index contributed by atoms with van der Waals surface area (Å²) in [6, 6.07) is 4.03. The first kappa shape index (κ1) is 15.6. The van der Waals surface area contributed by atoms with Crippen molar-refractivity contribution in [3.8, 4) is 0 Å². The molecule has 6 nitrogen and oxygen atoms in total. The summed E-state index contributed by atoms with van der Waals surface area (Å²) in [5.74, 6) is 0.392. The van der Waals surface area contributed by atoms with E-state index in [1.807, 2.05) is 24.0 Å². The summed E-state index contributed by atoms with van der Waals surface area (Å²) in [6.45, 7) is 3.18. The summed E-state index contributed by atoms with van der Waals surface area (Å²) in [7, 11) is 0. The van der Waals surface area contributed by atoms with Crippen molar-refractivity contribution in [3.05, 3.63) is 29.6 Å². The minimum atomic E-state index is -0.350. The Labute approximate surface area is 141 Å². The Morgan fingerprint density at radius 3 is 2.83 bits per heavy atom. The normalized spacial score (nSPS) is 29.2. The van der Waals surface area contributed by atoms with Crippen molar-refractivity contribution in [1.29, 1.82) is 0 Å². The number of aryl methyl sites for hydroxylation is 1. The molecule has 3 heterocycles. The highest BCUT2D eigenvalue weighted by molar-refractivity contribution is 5.94. The van der Waals surface area contributed by atoms with Gasteiger partial charge in [-0.05, 0) is 50.7 Å². The Balaban J connectivity index is 1.37. The summed E-state index contributed by atoms with van der Waals surface area (Å²) in [4.78, 5) is 30.8. The van der Waals surface area contributed by atoms with Gasteiger partial charge in [-0.2, -0.15) is 0 Å². The van der Waals surface area contributed by atoms with Gasteiger partial charge in [-0.15, -0.1) is 0 Å². The fourth-order valence-electron chi connectivity index (χ4n) is 3.58. The zero-order valence-electron chi connectivity index (χ0n) is 13.9. The average molecular weight is 329 g/mol. The van der Waals surface area contributed by atoms with Crippen LogP contribution in [0.25, 0.3) is 0 Å². The van der Waals surface area contributed by atoms with Crippen molar-refractivity contribution in [2.75, 3.05) is 13.1 Å². The molecule has 1 saturated carbocycles. The Hall–Kier alpha value is -1.95. The molecule has 4 rings (SSSR count). The Kier molecular flexibility index (Phi) is 4.00. The number of carbonyl (C=O) groups is 2. The highest BCUT2D eigenvalue weighted by Crippen LogP contribution is 2.34. The zero-order chi connectivity index (χ0) is 16.7.